The summed E-state index contributed by atoms with van der Waals surface area (Å²) in [6.45, 7) is 2.72. The van der Waals surface area contributed by atoms with Gasteiger partial charge in [-0.3, -0.25) is 9.48 Å². The molecular formula is C23H21FN8O3. The molecule has 178 valence electrons. The maximum Gasteiger partial charge on any atom is 0.275 e. The molecule has 35 heavy (non-hydrogen) atoms. The minimum atomic E-state index is -1.44. The van der Waals surface area contributed by atoms with Crippen LogP contribution < -0.4 is 15.4 Å². The Morgan fingerprint density at radius 3 is 2.86 bits per heavy atom. The van der Waals surface area contributed by atoms with Crippen LogP contribution in [0.15, 0.2) is 29.3 Å². The molecule has 1 aromatic carbocycles. The Morgan fingerprint density at radius 1 is 1.37 bits per heavy atom. The summed E-state index contributed by atoms with van der Waals surface area (Å²) in [5.41, 5.74) is 6.74. The van der Waals surface area contributed by atoms with Crippen molar-refractivity contribution >= 4 is 23.2 Å². The van der Waals surface area contributed by atoms with Crippen molar-refractivity contribution in [2.24, 2.45) is 12.0 Å². The highest BCUT2D eigenvalue weighted by Crippen LogP contribution is 2.40. The molecule has 0 radical (unpaired) electrons. The minimum absolute atomic E-state index is 0.0124. The predicted octanol–water partition coefficient (Wildman–Crippen LogP) is 1.66. The van der Waals surface area contributed by atoms with E-state index < -0.39 is 30.0 Å². The fraction of sp³-hybridized carbons (Fsp3) is 0.304. The molecule has 3 N–H and O–H groups in total. The maximum absolute atomic E-state index is 14.4. The van der Waals surface area contributed by atoms with E-state index in [0.29, 0.717) is 28.2 Å². The number of rotatable bonds is 1. The van der Waals surface area contributed by atoms with Gasteiger partial charge in [-0.1, -0.05) is 0 Å². The van der Waals surface area contributed by atoms with Crippen LogP contribution >= 0.6 is 0 Å². The van der Waals surface area contributed by atoms with E-state index in [9.17, 15) is 19.6 Å². The second-order valence-corrected chi connectivity index (χ2v) is 8.63. The molecule has 2 aromatic heterocycles. The number of hydrogen-bond acceptors (Lipinski definition) is 9. The highest BCUT2D eigenvalue weighted by atomic mass is 19.1. The van der Waals surface area contributed by atoms with Crippen LogP contribution in [0, 0.1) is 17.1 Å². The number of benzene rings is 1. The molecule has 4 heterocycles. The van der Waals surface area contributed by atoms with Crippen molar-refractivity contribution in [1.82, 2.24) is 20.0 Å². The van der Waals surface area contributed by atoms with Gasteiger partial charge >= 0.3 is 0 Å². The number of amides is 1. The number of nitrogens with zero attached hydrogens (tertiary/aromatic N) is 7. The molecule has 1 unspecified atom stereocenters. The van der Waals surface area contributed by atoms with Gasteiger partial charge in [-0.25, -0.2) is 4.39 Å². The van der Waals surface area contributed by atoms with E-state index in [1.54, 1.807) is 31.9 Å². The molecule has 2 atom stereocenters. The summed E-state index contributed by atoms with van der Waals surface area (Å²) in [5, 5.41) is 32.7. The zero-order valence-electron chi connectivity index (χ0n) is 19.2. The molecular weight excluding hydrogens is 455 g/mol. The maximum atomic E-state index is 14.4. The quantitative estimate of drug-likeness (QED) is 0.533. The zero-order valence-corrected chi connectivity index (χ0v) is 19.2. The van der Waals surface area contributed by atoms with Crippen LogP contribution in [0.3, 0.4) is 0 Å². The molecule has 0 saturated carbocycles. The van der Waals surface area contributed by atoms with Crippen LogP contribution in [0.2, 0.25) is 0 Å². The van der Waals surface area contributed by atoms with Crippen molar-refractivity contribution in [1.29, 1.82) is 5.26 Å². The topological polar surface area (TPSA) is 156 Å². The summed E-state index contributed by atoms with van der Waals surface area (Å²) in [6.07, 6.45) is -0.720. The number of amidine groups is 1. The number of aliphatic hydroxyl groups excluding tert-OH is 1. The average molecular weight is 476 g/mol. The van der Waals surface area contributed by atoms with Gasteiger partial charge in [0.15, 0.2) is 11.6 Å². The van der Waals surface area contributed by atoms with Gasteiger partial charge in [-0.05, 0) is 32.0 Å². The van der Waals surface area contributed by atoms with Gasteiger partial charge in [0.25, 0.3) is 5.91 Å². The van der Waals surface area contributed by atoms with Crippen LogP contribution in [0.5, 0.6) is 5.75 Å². The molecule has 0 fully saturated rings. The fourth-order valence-electron chi connectivity index (χ4n) is 4.49. The molecule has 2 bridgehead atoms. The Kier molecular flexibility index (Phi) is 5.03. The van der Waals surface area contributed by atoms with Crippen molar-refractivity contribution in [3.05, 3.63) is 47.0 Å². The third kappa shape index (κ3) is 3.31. The van der Waals surface area contributed by atoms with Gasteiger partial charge in [0.1, 0.15) is 40.8 Å². The first-order valence-corrected chi connectivity index (χ1v) is 10.8. The average Bonchev–Trinajstić information content (AvgIpc) is 3.27. The number of nitriles is 1. The van der Waals surface area contributed by atoms with Crippen LogP contribution in [-0.2, 0) is 18.3 Å². The summed E-state index contributed by atoms with van der Waals surface area (Å²) in [4.78, 5) is 18.8. The van der Waals surface area contributed by atoms with Gasteiger partial charge < -0.3 is 20.5 Å². The number of aryl methyl sites for hydroxylation is 1. The lowest BCUT2D eigenvalue weighted by molar-refractivity contribution is -0.122. The summed E-state index contributed by atoms with van der Waals surface area (Å²) < 4.78 is 21.9. The lowest BCUT2D eigenvalue weighted by Gasteiger charge is -2.36. The SMILES string of the molecule is C[C@H]1Oc2cc(nnc2N)-c2c(nn(C)c2C#N)CC2=NC(=O)C(C)(CO)N2c2ccc(F)cc21. The van der Waals surface area contributed by atoms with Crippen LogP contribution in [0.1, 0.15) is 36.9 Å². The van der Waals surface area contributed by atoms with Crippen LogP contribution in [-0.4, -0.2) is 49.0 Å². The number of carbonyl (C=O) groups excluding carboxylic acids is 1. The van der Waals surface area contributed by atoms with Crippen molar-refractivity contribution in [2.45, 2.75) is 31.9 Å². The third-order valence-electron chi connectivity index (χ3n) is 6.32. The van der Waals surface area contributed by atoms with E-state index in [-0.39, 0.29) is 29.5 Å². The van der Waals surface area contributed by atoms with Crippen molar-refractivity contribution in [3.63, 3.8) is 0 Å². The Bertz CT molecular complexity index is 1460. The van der Waals surface area contributed by atoms with Crippen molar-refractivity contribution in [2.75, 3.05) is 17.2 Å². The molecule has 0 spiro atoms. The monoisotopic (exact) mass is 476 g/mol. The lowest BCUT2D eigenvalue weighted by atomic mass is 9.96. The van der Waals surface area contributed by atoms with Crippen LogP contribution in [0.4, 0.5) is 15.9 Å². The second kappa shape index (κ2) is 7.85. The molecule has 5 rings (SSSR count). The molecule has 0 aliphatic carbocycles. The largest absolute Gasteiger partial charge is 0.482 e. The molecule has 2 aliphatic rings. The van der Waals surface area contributed by atoms with E-state index in [4.69, 9.17) is 10.5 Å². The number of aliphatic imine (C=N–C) groups is 1. The van der Waals surface area contributed by atoms with Gasteiger partial charge in [0.05, 0.1) is 30.0 Å². The molecule has 3 aromatic rings. The molecule has 11 nitrogen and oxygen atoms in total. The standard InChI is InChI=1S/C23H21FN8O3/c1-11-13-6-12(24)4-5-16(13)32-19(27-22(34)23(32,2)10-33)8-15-20(17(9-25)31(3)30-15)14-7-18(35-11)21(26)29-28-14/h4-7,11,33H,8,10H2,1-3H3,(H2,26,29)/t11-,23?/m1/s1. The number of nitrogen functional groups attached to an aromatic ring is 1. The lowest BCUT2D eigenvalue weighted by Crippen LogP contribution is -2.53. The van der Waals surface area contributed by atoms with Crippen LogP contribution in [0.25, 0.3) is 11.3 Å². The number of ether oxygens (including phenoxy) is 1. The third-order valence-corrected chi connectivity index (χ3v) is 6.32. The number of aromatic nitrogens is 4. The second-order valence-electron chi connectivity index (χ2n) is 8.63. The number of nitrogens with two attached hydrogens (primary N) is 1. The number of hydrogen-bond donors (Lipinski definition) is 2. The summed E-state index contributed by atoms with van der Waals surface area (Å²) >= 11 is 0. The Hall–Kier alpha value is -4.37. The number of aliphatic hydroxyl groups is 1. The van der Waals surface area contributed by atoms with E-state index in [1.807, 2.05) is 0 Å². The predicted molar refractivity (Wildman–Crippen MR) is 123 cm³/mol. The molecule has 1 amide bonds. The number of anilines is 2. The first kappa shape index (κ1) is 22.4. The first-order chi connectivity index (χ1) is 16.7. The smallest absolute Gasteiger partial charge is 0.275 e. The zero-order chi connectivity index (χ0) is 25.1. The van der Waals surface area contributed by atoms with E-state index in [1.165, 1.54) is 22.9 Å². The van der Waals surface area contributed by atoms with Crippen molar-refractivity contribution in [3.8, 4) is 23.1 Å². The molecule has 2 aliphatic heterocycles. The van der Waals surface area contributed by atoms with Gasteiger partial charge in [-0.15, -0.1) is 10.2 Å². The normalized spacial score (nSPS) is 21.0. The highest BCUT2D eigenvalue weighted by molar-refractivity contribution is 6.17. The summed E-state index contributed by atoms with van der Waals surface area (Å²) in [6, 6.07) is 7.75. The summed E-state index contributed by atoms with van der Waals surface area (Å²) in [7, 11) is 1.61. The van der Waals surface area contributed by atoms with Gasteiger partial charge in [0.2, 0.25) is 0 Å². The molecule has 0 saturated heterocycles. The van der Waals surface area contributed by atoms with E-state index >= 15 is 0 Å². The Morgan fingerprint density at radius 2 is 2.14 bits per heavy atom. The first-order valence-electron chi connectivity index (χ1n) is 10.8. The Balaban J connectivity index is 1.83. The Labute approximate surface area is 199 Å². The minimum Gasteiger partial charge on any atom is -0.482 e. The summed E-state index contributed by atoms with van der Waals surface area (Å²) in [5.74, 6) is -0.587. The van der Waals surface area contributed by atoms with E-state index in [0.717, 1.165) is 0 Å². The van der Waals surface area contributed by atoms with Gasteiger partial charge in [-0.2, -0.15) is 15.4 Å². The highest BCUT2D eigenvalue weighted by Gasteiger charge is 2.48. The fourth-order valence-corrected chi connectivity index (χ4v) is 4.49. The number of fused-ring (bicyclic) bond motifs is 7. The number of carbonyl (C=O) groups is 1. The number of halogens is 1. The van der Waals surface area contributed by atoms with E-state index in [2.05, 4.69) is 26.4 Å². The molecule has 12 heteroatoms. The van der Waals surface area contributed by atoms with Gasteiger partial charge in [0, 0.05) is 18.7 Å². The van der Waals surface area contributed by atoms with Crippen molar-refractivity contribution < 1.29 is 19.0 Å².